The smallest absolute Gasteiger partial charge is 0.228 e. The van der Waals surface area contributed by atoms with E-state index in [1.165, 1.54) is 16.0 Å². The van der Waals surface area contributed by atoms with Crippen LogP contribution >= 0.6 is 34.3 Å². The molecule has 1 aliphatic heterocycles. The van der Waals surface area contributed by atoms with Crippen LogP contribution in [0.5, 0.6) is 0 Å². The standard InChI is InChI=1S/C22H19ClN4OS2/c23-15-4-5-19-18(11-15)26-21(30-19)14-6-9-27(10-7-14)20(28)12-16-13-29-22(25-16)17-3-1-2-8-24-17/h1-5,8,11,13-14H,6-7,9-10,12H2. The third-order valence-electron chi connectivity index (χ3n) is 5.33. The van der Waals surface area contributed by atoms with Gasteiger partial charge in [0.1, 0.15) is 5.01 Å². The summed E-state index contributed by atoms with van der Waals surface area (Å²) in [6.45, 7) is 1.52. The van der Waals surface area contributed by atoms with Crippen LogP contribution in [0.1, 0.15) is 29.5 Å². The SMILES string of the molecule is O=C(Cc1csc(-c2ccccn2)n1)N1CCC(c2nc3cc(Cl)ccc3s2)CC1. The van der Waals surface area contributed by atoms with Crippen molar-refractivity contribution in [1.82, 2.24) is 19.9 Å². The Hall–Kier alpha value is -2.35. The van der Waals surface area contributed by atoms with E-state index in [0.29, 0.717) is 17.4 Å². The Morgan fingerprint density at radius 3 is 2.83 bits per heavy atom. The molecule has 0 radical (unpaired) electrons. The van der Waals surface area contributed by atoms with Crippen molar-refractivity contribution in [2.24, 2.45) is 0 Å². The van der Waals surface area contributed by atoms with Crippen LogP contribution in [0, 0.1) is 0 Å². The number of pyridine rings is 1. The molecular weight excluding hydrogens is 436 g/mol. The van der Waals surface area contributed by atoms with Crippen LogP contribution in [0.15, 0.2) is 48.0 Å². The van der Waals surface area contributed by atoms with Gasteiger partial charge in [-0.1, -0.05) is 17.7 Å². The number of nitrogens with zero attached hydrogens (tertiary/aromatic N) is 4. The largest absolute Gasteiger partial charge is 0.342 e. The van der Waals surface area contributed by atoms with Crippen molar-refractivity contribution in [3.8, 4) is 10.7 Å². The van der Waals surface area contributed by atoms with Crippen LogP contribution in [0.25, 0.3) is 20.9 Å². The monoisotopic (exact) mass is 454 g/mol. The molecule has 0 spiro atoms. The van der Waals surface area contributed by atoms with Gasteiger partial charge in [0.15, 0.2) is 0 Å². The minimum absolute atomic E-state index is 0.141. The van der Waals surface area contributed by atoms with E-state index >= 15 is 0 Å². The Morgan fingerprint density at radius 2 is 2.03 bits per heavy atom. The lowest BCUT2D eigenvalue weighted by molar-refractivity contribution is -0.131. The fourth-order valence-electron chi connectivity index (χ4n) is 3.73. The number of aromatic nitrogens is 3. The molecule has 1 aromatic carbocycles. The zero-order valence-corrected chi connectivity index (χ0v) is 18.5. The molecule has 1 amide bonds. The number of thiazole rings is 2. The van der Waals surface area contributed by atoms with Gasteiger partial charge in [-0.3, -0.25) is 9.78 Å². The maximum absolute atomic E-state index is 12.8. The summed E-state index contributed by atoms with van der Waals surface area (Å²) in [5.41, 5.74) is 2.63. The van der Waals surface area contributed by atoms with E-state index in [2.05, 4.69) is 9.97 Å². The number of carbonyl (C=O) groups excluding carboxylic acids is 1. The second-order valence-electron chi connectivity index (χ2n) is 7.35. The first-order chi connectivity index (χ1) is 14.7. The Bertz CT molecular complexity index is 1180. The highest BCUT2D eigenvalue weighted by Crippen LogP contribution is 2.35. The first-order valence-corrected chi connectivity index (χ1v) is 11.9. The van der Waals surface area contributed by atoms with Gasteiger partial charge in [-0.15, -0.1) is 22.7 Å². The van der Waals surface area contributed by atoms with Crippen LogP contribution in [-0.4, -0.2) is 38.8 Å². The first-order valence-electron chi connectivity index (χ1n) is 9.85. The van der Waals surface area contributed by atoms with Crippen molar-refractivity contribution >= 4 is 50.4 Å². The van der Waals surface area contributed by atoms with Crippen molar-refractivity contribution < 1.29 is 4.79 Å². The van der Waals surface area contributed by atoms with Crippen molar-refractivity contribution in [2.45, 2.75) is 25.2 Å². The van der Waals surface area contributed by atoms with E-state index in [-0.39, 0.29) is 5.91 Å². The van der Waals surface area contributed by atoms with E-state index in [1.807, 2.05) is 46.7 Å². The highest BCUT2D eigenvalue weighted by Gasteiger charge is 2.26. The summed E-state index contributed by atoms with van der Waals surface area (Å²) in [6.07, 6.45) is 3.98. The molecule has 1 fully saturated rings. The summed E-state index contributed by atoms with van der Waals surface area (Å²) in [4.78, 5) is 28.5. The van der Waals surface area contributed by atoms with Gasteiger partial charge in [0, 0.05) is 35.6 Å². The fraction of sp³-hybridized carbons (Fsp3) is 0.273. The van der Waals surface area contributed by atoms with Crippen LogP contribution in [0.2, 0.25) is 5.02 Å². The van der Waals surface area contributed by atoms with Gasteiger partial charge in [-0.05, 0) is 43.2 Å². The van der Waals surface area contributed by atoms with Crippen LogP contribution in [0.4, 0.5) is 0 Å². The second kappa shape index (κ2) is 8.41. The van der Waals surface area contributed by atoms with E-state index < -0.39 is 0 Å². The zero-order chi connectivity index (χ0) is 20.5. The first kappa shape index (κ1) is 19.6. The number of benzene rings is 1. The predicted octanol–water partition coefficient (Wildman–Crippen LogP) is 5.42. The number of likely N-dealkylation sites (tertiary alicyclic amines) is 1. The number of amides is 1. The van der Waals surface area contributed by atoms with Gasteiger partial charge in [-0.2, -0.15) is 0 Å². The maximum Gasteiger partial charge on any atom is 0.228 e. The Kier molecular flexibility index (Phi) is 5.50. The van der Waals surface area contributed by atoms with E-state index in [0.717, 1.165) is 52.9 Å². The minimum atomic E-state index is 0.141. The number of piperidine rings is 1. The molecule has 1 aliphatic rings. The van der Waals surface area contributed by atoms with Crippen LogP contribution < -0.4 is 0 Å². The van der Waals surface area contributed by atoms with Gasteiger partial charge in [0.05, 0.1) is 33.0 Å². The molecule has 5 rings (SSSR count). The topological polar surface area (TPSA) is 59.0 Å². The van der Waals surface area contributed by atoms with Crippen molar-refractivity contribution in [3.05, 3.63) is 63.7 Å². The summed E-state index contributed by atoms with van der Waals surface area (Å²) in [5.74, 6) is 0.544. The van der Waals surface area contributed by atoms with Crippen molar-refractivity contribution in [2.75, 3.05) is 13.1 Å². The third-order valence-corrected chi connectivity index (χ3v) is 7.68. The number of halogens is 1. The molecule has 152 valence electrons. The lowest BCUT2D eigenvalue weighted by Crippen LogP contribution is -2.38. The zero-order valence-electron chi connectivity index (χ0n) is 16.1. The Labute approximate surface area is 187 Å². The van der Waals surface area contributed by atoms with Gasteiger partial charge in [0.2, 0.25) is 5.91 Å². The summed E-state index contributed by atoms with van der Waals surface area (Å²) in [6, 6.07) is 11.6. The molecule has 4 aromatic rings. The summed E-state index contributed by atoms with van der Waals surface area (Å²) < 4.78 is 1.17. The number of carbonyl (C=O) groups is 1. The number of rotatable bonds is 4. The van der Waals surface area contributed by atoms with Crippen LogP contribution in [-0.2, 0) is 11.2 Å². The number of hydrogen-bond acceptors (Lipinski definition) is 6. The van der Waals surface area contributed by atoms with Crippen LogP contribution in [0.3, 0.4) is 0 Å². The van der Waals surface area contributed by atoms with Gasteiger partial charge in [0.25, 0.3) is 0 Å². The van der Waals surface area contributed by atoms with E-state index in [9.17, 15) is 4.79 Å². The lowest BCUT2D eigenvalue weighted by atomic mass is 9.97. The molecule has 0 saturated carbocycles. The number of fused-ring (bicyclic) bond motifs is 1. The quantitative estimate of drug-likeness (QED) is 0.413. The normalized spacial score (nSPS) is 15.0. The molecule has 0 bridgehead atoms. The molecule has 5 nitrogen and oxygen atoms in total. The van der Waals surface area contributed by atoms with E-state index in [4.69, 9.17) is 16.6 Å². The summed E-state index contributed by atoms with van der Waals surface area (Å²) in [5, 5.41) is 4.68. The van der Waals surface area contributed by atoms with Crippen molar-refractivity contribution in [1.29, 1.82) is 0 Å². The summed E-state index contributed by atoms with van der Waals surface area (Å²) in [7, 11) is 0. The van der Waals surface area contributed by atoms with Gasteiger partial charge in [-0.25, -0.2) is 9.97 Å². The number of hydrogen-bond donors (Lipinski definition) is 0. The molecule has 8 heteroatoms. The molecule has 3 aromatic heterocycles. The average Bonchev–Trinajstić information content (AvgIpc) is 3.41. The molecule has 4 heterocycles. The molecule has 0 aliphatic carbocycles. The fourth-order valence-corrected chi connectivity index (χ4v) is 5.81. The maximum atomic E-state index is 12.8. The molecule has 0 atom stereocenters. The molecule has 30 heavy (non-hydrogen) atoms. The van der Waals surface area contributed by atoms with E-state index in [1.54, 1.807) is 17.5 Å². The molecule has 0 N–H and O–H groups in total. The molecular formula is C22H19ClN4OS2. The highest BCUT2D eigenvalue weighted by molar-refractivity contribution is 7.18. The predicted molar refractivity (Wildman–Crippen MR) is 122 cm³/mol. The van der Waals surface area contributed by atoms with Gasteiger partial charge >= 0.3 is 0 Å². The second-order valence-corrected chi connectivity index (χ2v) is 9.71. The third kappa shape index (κ3) is 4.10. The Morgan fingerprint density at radius 1 is 1.17 bits per heavy atom. The van der Waals surface area contributed by atoms with Gasteiger partial charge < -0.3 is 4.90 Å². The Balaban J connectivity index is 1.20. The average molecular weight is 455 g/mol. The summed E-state index contributed by atoms with van der Waals surface area (Å²) >= 11 is 9.35. The highest BCUT2D eigenvalue weighted by atomic mass is 35.5. The molecule has 1 saturated heterocycles. The van der Waals surface area contributed by atoms with Crippen molar-refractivity contribution in [3.63, 3.8) is 0 Å². The lowest BCUT2D eigenvalue weighted by Gasteiger charge is -2.31. The molecule has 0 unspecified atom stereocenters. The minimum Gasteiger partial charge on any atom is -0.342 e.